The number of ether oxygens (including phenoxy) is 3. The summed E-state index contributed by atoms with van der Waals surface area (Å²) in [6.45, 7) is 2.45. The van der Waals surface area contributed by atoms with Crippen LogP contribution in [-0.4, -0.2) is 57.0 Å². The maximum atomic E-state index is 12.2. The zero-order valence-electron chi connectivity index (χ0n) is 16.6. The normalized spacial score (nSPS) is 13.3. The third-order valence-electron chi connectivity index (χ3n) is 4.38. The number of carbonyl (C=O) groups is 2. The van der Waals surface area contributed by atoms with Gasteiger partial charge in [0.2, 0.25) is 0 Å². The van der Waals surface area contributed by atoms with Crippen molar-refractivity contribution in [3.05, 3.63) is 54.1 Å². The first-order valence-corrected chi connectivity index (χ1v) is 9.81. The summed E-state index contributed by atoms with van der Waals surface area (Å²) in [5, 5.41) is 5.70. The van der Waals surface area contributed by atoms with Crippen molar-refractivity contribution >= 4 is 40.6 Å². The van der Waals surface area contributed by atoms with Crippen LogP contribution in [0.5, 0.6) is 5.75 Å². The number of esters is 1. The molecular formula is C21H23N3O5S. The van der Waals surface area contributed by atoms with Gasteiger partial charge in [-0.3, -0.25) is 10.1 Å². The lowest BCUT2D eigenvalue weighted by atomic mass is 10.1. The van der Waals surface area contributed by atoms with E-state index in [-0.39, 0.29) is 11.7 Å². The van der Waals surface area contributed by atoms with Crippen LogP contribution in [0.15, 0.2) is 48.5 Å². The molecule has 0 aromatic heterocycles. The number of rotatable bonds is 6. The van der Waals surface area contributed by atoms with Gasteiger partial charge < -0.3 is 24.4 Å². The Morgan fingerprint density at radius 2 is 1.87 bits per heavy atom. The van der Waals surface area contributed by atoms with Gasteiger partial charge in [0.1, 0.15) is 5.75 Å². The van der Waals surface area contributed by atoms with Gasteiger partial charge in [0, 0.05) is 13.1 Å². The molecule has 1 heterocycles. The molecule has 2 N–H and O–H groups in total. The van der Waals surface area contributed by atoms with E-state index in [1.165, 1.54) is 7.11 Å². The second kappa shape index (κ2) is 10.6. The molecule has 1 amide bonds. The van der Waals surface area contributed by atoms with Crippen molar-refractivity contribution in [1.82, 2.24) is 5.32 Å². The van der Waals surface area contributed by atoms with Gasteiger partial charge in [-0.2, -0.15) is 0 Å². The molecule has 1 fully saturated rings. The fraction of sp³-hybridized carbons (Fsp3) is 0.286. The van der Waals surface area contributed by atoms with E-state index in [1.807, 2.05) is 24.3 Å². The van der Waals surface area contributed by atoms with E-state index >= 15 is 0 Å². The molecule has 1 aliphatic heterocycles. The predicted octanol–water partition coefficient (Wildman–Crippen LogP) is 2.20. The lowest BCUT2D eigenvalue weighted by molar-refractivity contribution is -0.121. The first-order chi connectivity index (χ1) is 14.6. The Morgan fingerprint density at radius 3 is 2.57 bits per heavy atom. The second-order valence-corrected chi connectivity index (χ2v) is 6.84. The van der Waals surface area contributed by atoms with Crippen molar-refractivity contribution in [3.8, 4) is 5.75 Å². The number of methoxy groups -OCH3 is 1. The summed E-state index contributed by atoms with van der Waals surface area (Å²) in [7, 11) is 1.32. The van der Waals surface area contributed by atoms with Crippen molar-refractivity contribution < 1.29 is 23.8 Å². The number of benzene rings is 2. The summed E-state index contributed by atoms with van der Waals surface area (Å²) in [4.78, 5) is 26.2. The van der Waals surface area contributed by atoms with Gasteiger partial charge in [0.05, 0.1) is 37.3 Å². The Hall–Kier alpha value is -3.17. The highest BCUT2D eigenvalue weighted by molar-refractivity contribution is 7.80. The van der Waals surface area contributed by atoms with E-state index in [9.17, 15) is 9.59 Å². The van der Waals surface area contributed by atoms with Crippen LogP contribution in [-0.2, 0) is 14.3 Å². The van der Waals surface area contributed by atoms with Crippen molar-refractivity contribution in [1.29, 1.82) is 0 Å². The fourth-order valence-corrected chi connectivity index (χ4v) is 3.17. The number of thiocarbonyl (C=S) groups is 1. The molecule has 8 nitrogen and oxygen atoms in total. The molecule has 1 saturated heterocycles. The van der Waals surface area contributed by atoms with E-state index in [4.69, 9.17) is 26.4 Å². The Balaban J connectivity index is 1.67. The van der Waals surface area contributed by atoms with E-state index in [1.54, 1.807) is 24.3 Å². The summed E-state index contributed by atoms with van der Waals surface area (Å²) in [6.07, 6.45) is 0. The summed E-state index contributed by atoms with van der Waals surface area (Å²) in [5.41, 5.74) is 1.82. The molecule has 9 heteroatoms. The number of carbonyl (C=O) groups excluding carboxylic acids is 2. The maximum Gasteiger partial charge on any atom is 0.337 e. The molecule has 0 atom stereocenters. The summed E-state index contributed by atoms with van der Waals surface area (Å²) in [6, 6.07) is 14.2. The largest absolute Gasteiger partial charge is 0.484 e. The van der Waals surface area contributed by atoms with Gasteiger partial charge in [-0.1, -0.05) is 18.2 Å². The van der Waals surface area contributed by atoms with Crippen LogP contribution < -0.4 is 20.3 Å². The molecule has 0 spiro atoms. The van der Waals surface area contributed by atoms with Crippen LogP contribution in [0.25, 0.3) is 0 Å². The quantitative estimate of drug-likeness (QED) is 0.534. The monoisotopic (exact) mass is 429 g/mol. The average Bonchev–Trinajstić information content (AvgIpc) is 2.78. The molecule has 0 radical (unpaired) electrons. The summed E-state index contributed by atoms with van der Waals surface area (Å²) >= 11 is 5.28. The SMILES string of the molecule is COC(=O)c1ccc(N2CCOCC2)c(NC(=S)NC(=O)COc2ccccc2)c1. The van der Waals surface area contributed by atoms with Gasteiger partial charge >= 0.3 is 5.97 Å². The molecule has 1 aliphatic rings. The molecule has 0 bridgehead atoms. The van der Waals surface area contributed by atoms with Crippen LogP contribution >= 0.6 is 12.2 Å². The summed E-state index contributed by atoms with van der Waals surface area (Å²) < 4.78 is 15.6. The van der Waals surface area contributed by atoms with Crippen LogP contribution in [0.4, 0.5) is 11.4 Å². The highest BCUT2D eigenvalue weighted by Crippen LogP contribution is 2.28. The van der Waals surface area contributed by atoms with E-state index in [0.717, 1.165) is 5.69 Å². The zero-order chi connectivity index (χ0) is 21.3. The van der Waals surface area contributed by atoms with Gasteiger partial charge in [0.15, 0.2) is 11.7 Å². The zero-order valence-corrected chi connectivity index (χ0v) is 17.4. The standard InChI is InChI=1S/C21H23N3O5S/c1-27-20(26)15-7-8-18(24-9-11-28-12-10-24)17(13-15)22-21(30)23-19(25)14-29-16-5-3-2-4-6-16/h2-8,13H,9-12,14H2,1H3,(H2,22,23,25,30). The number of anilines is 2. The third kappa shape index (κ3) is 5.91. The van der Waals surface area contributed by atoms with Crippen LogP contribution in [0.1, 0.15) is 10.4 Å². The highest BCUT2D eigenvalue weighted by atomic mass is 32.1. The minimum Gasteiger partial charge on any atom is -0.484 e. The Morgan fingerprint density at radius 1 is 1.13 bits per heavy atom. The molecular weight excluding hydrogens is 406 g/mol. The Labute approximate surface area is 180 Å². The number of amides is 1. The number of para-hydroxylation sites is 1. The summed E-state index contributed by atoms with van der Waals surface area (Å²) in [5.74, 6) is -0.266. The number of morpholine rings is 1. The first kappa shape index (κ1) is 21.5. The van der Waals surface area contributed by atoms with Gasteiger partial charge in [-0.25, -0.2) is 4.79 Å². The van der Waals surface area contributed by atoms with Crippen molar-refractivity contribution in [2.75, 3.05) is 50.2 Å². The maximum absolute atomic E-state index is 12.2. The van der Waals surface area contributed by atoms with Crippen LogP contribution in [0, 0.1) is 0 Å². The Kier molecular flexibility index (Phi) is 7.58. The fourth-order valence-electron chi connectivity index (χ4n) is 2.94. The first-order valence-electron chi connectivity index (χ1n) is 9.40. The average molecular weight is 429 g/mol. The second-order valence-electron chi connectivity index (χ2n) is 6.43. The molecule has 158 valence electrons. The molecule has 2 aromatic rings. The molecule has 2 aromatic carbocycles. The lowest BCUT2D eigenvalue weighted by Crippen LogP contribution is -2.39. The third-order valence-corrected chi connectivity index (χ3v) is 4.59. The van der Waals surface area contributed by atoms with E-state index in [2.05, 4.69) is 15.5 Å². The smallest absolute Gasteiger partial charge is 0.337 e. The van der Waals surface area contributed by atoms with Crippen molar-refractivity contribution in [3.63, 3.8) is 0 Å². The molecule has 0 aliphatic carbocycles. The lowest BCUT2D eigenvalue weighted by Gasteiger charge is -2.31. The predicted molar refractivity (Wildman–Crippen MR) is 117 cm³/mol. The van der Waals surface area contributed by atoms with Gasteiger partial charge in [-0.05, 0) is 42.5 Å². The van der Waals surface area contributed by atoms with Crippen molar-refractivity contribution in [2.45, 2.75) is 0 Å². The number of hydrogen-bond acceptors (Lipinski definition) is 7. The highest BCUT2D eigenvalue weighted by Gasteiger charge is 2.18. The van der Waals surface area contributed by atoms with Crippen LogP contribution in [0.2, 0.25) is 0 Å². The number of nitrogens with one attached hydrogen (secondary N) is 2. The molecule has 0 saturated carbocycles. The topological polar surface area (TPSA) is 89.1 Å². The van der Waals surface area contributed by atoms with Gasteiger partial charge in [0.25, 0.3) is 5.91 Å². The number of hydrogen-bond donors (Lipinski definition) is 2. The molecule has 0 unspecified atom stereocenters. The molecule has 3 rings (SSSR count). The van der Waals surface area contributed by atoms with E-state index in [0.29, 0.717) is 43.3 Å². The minimum atomic E-state index is -0.460. The Bertz CT molecular complexity index is 901. The van der Waals surface area contributed by atoms with E-state index < -0.39 is 11.9 Å². The van der Waals surface area contributed by atoms with Gasteiger partial charge in [-0.15, -0.1) is 0 Å². The number of nitrogens with zero attached hydrogens (tertiary/aromatic N) is 1. The van der Waals surface area contributed by atoms with Crippen LogP contribution in [0.3, 0.4) is 0 Å². The molecule has 30 heavy (non-hydrogen) atoms. The minimum absolute atomic E-state index is 0.105. The van der Waals surface area contributed by atoms with Crippen molar-refractivity contribution in [2.24, 2.45) is 0 Å².